The van der Waals surface area contributed by atoms with Crippen molar-refractivity contribution in [2.24, 2.45) is 0 Å². The standard InChI is InChI=1S/C19H22BF3O5S/c1-12(25)29-11-15(20-27-17(2,3)18(4,5)28-20)7-13-6-14(10-24)9-16(8-13)26-19(21,22)23/h6-10H,11H2,1-5H3. The molecule has 1 aliphatic rings. The molecule has 29 heavy (non-hydrogen) atoms. The van der Waals surface area contributed by atoms with E-state index in [1.54, 1.807) is 6.08 Å². The number of hydrogen-bond acceptors (Lipinski definition) is 6. The molecule has 158 valence electrons. The van der Waals surface area contributed by atoms with Gasteiger partial charge in [0.25, 0.3) is 0 Å². The highest BCUT2D eigenvalue weighted by molar-refractivity contribution is 8.13. The van der Waals surface area contributed by atoms with Gasteiger partial charge in [0.15, 0.2) is 5.12 Å². The minimum absolute atomic E-state index is 0.0190. The van der Waals surface area contributed by atoms with Crippen LogP contribution in [-0.2, 0) is 14.1 Å². The lowest BCUT2D eigenvalue weighted by atomic mass is 9.78. The summed E-state index contributed by atoms with van der Waals surface area (Å²) in [5.74, 6) is -0.298. The van der Waals surface area contributed by atoms with E-state index in [2.05, 4.69) is 4.74 Å². The third-order valence-corrected chi connectivity index (χ3v) is 5.56. The number of alkyl halides is 3. The maximum atomic E-state index is 12.6. The number of carbonyl (C=O) groups excluding carboxylic acids is 2. The van der Waals surface area contributed by atoms with Gasteiger partial charge < -0.3 is 14.0 Å². The summed E-state index contributed by atoms with van der Waals surface area (Å²) in [4.78, 5) is 22.6. The van der Waals surface area contributed by atoms with E-state index in [0.29, 0.717) is 17.3 Å². The Hall–Kier alpha value is -1.78. The molecule has 0 aliphatic carbocycles. The van der Waals surface area contributed by atoms with Crippen LogP contribution in [0.2, 0.25) is 0 Å². The van der Waals surface area contributed by atoms with Crippen LogP contribution in [0.15, 0.2) is 23.7 Å². The van der Waals surface area contributed by atoms with Gasteiger partial charge in [0.1, 0.15) is 12.0 Å². The molecule has 0 N–H and O–H groups in total. The lowest BCUT2D eigenvalue weighted by Crippen LogP contribution is -2.41. The predicted octanol–water partition coefficient (Wildman–Crippen LogP) is 4.69. The van der Waals surface area contributed by atoms with E-state index in [-0.39, 0.29) is 16.4 Å². The maximum absolute atomic E-state index is 12.6. The SMILES string of the molecule is CC(=O)SCC(=Cc1cc(C=O)cc(OC(F)(F)F)c1)B1OC(C)(C)C(C)(C)O1. The van der Waals surface area contributed by atoms with Gasteiger partial charge in [-0.2, -0.15) is 0 Å². The second-order valence-electron chi connectivity index (χ2n) is 7.59. The second kappa shape index (κ2) is 8.53. The highest BCUT2D eigenvalue weighted by atomic mass is 32.2. The van der Waals surface area contributed by atoms with Gasteiger partial charge in [-0.25, -0.2) is 0 Å². The van der Waals surface area contributed by atoms with Gasteiger partial charge in [0.05, 0.1) is 11.2 Å². The minimum atomic E-state index is -4.89. The Balaban J connectivity index is 2.44. The molecule has 1 saturated heterocycles. The van der Waals surface area contributed by atoms with E-state index in [0.717, 1.165) is 23.9 Å². The Morgan fingerprint density at radius 3 is 2.17 bits per heavy atom. The molecule has 10 heteroatoms. The van der Waals surface area contributed by atoms with Crippen molar-refractivity contribution < 1.29 is 36.8 Å². The van der Waals surface area contributed by atoms with Gasteiger partial charge in [-0.15, -0.1) is 13.2 Å². The van der Waals surface area contributed by atoms with Crippen molar-refractivity contribution in [2.45, 2.75) is 52.2 Å². The largest absolute Gasteiger partial charge is 0.573 e. The quantitative estimate of drug-likeness (QED) is 0.482. The van der Waals surface area contributed by atoms with Crippen LogP contribution < -0.4 is 4.74 Å². The Kier molecular flexibility index (Phi) is 6.91. The second-order valence-corrected chi connectivity index (χ2v) is 8.74. The van der Waals surface area contributed by atoms with Crippen LogP contribution in [0.1, 0.15) is 50.5 Å². The molecule has 0 atom stereocenters. The molecule has 1 heterocycles. The number of thioether (sulfide) groups is 1. The zero-order valence-corrected chi connectivity index (χ0v) is 17.6. The van der Waals surface area contributed by atoms with Crippen molar-refractivity contribution in [3.63, 3.8) is 0 Å². The molecule has 0 unspecified atom stereocenters. The van der Waals surface area contributed by atoms with Crippen molar-refractivity contribution in [3.8, 4) is 5.75 Å². The van der Waals surface area contributed by atoms with Crippen molar-refractivity contribution in [3.05, 3.63) is 34.8 Å². The first-order chi connectivity index (χ1) is 13.2. The molecule has 1 aromatic rings. The molecule has 1 fully saturated rings. The summed E-state index contributed by atoms with van der Waals surface area (Å²) in [6.45, 7) is 8.88. The fourth-order valence-electron chi connectivity index (χ4n) is 2.56. The Labute approximate surface area is 172 Å². The normalized spacial score (nSPS) is 18.6. The van der Waals surface area contributed by atoms with Crippen LogP contribution in [0.5, 0.6) is 5.75 Å². The smallest absolute Gasteiger partial charge is 0.406 e. The van der Waals surface area contributed by atoms with Crippen LogP contribution in [0.4, 0.5) is 13.2 Å². The van der Waals surface area contributed by atoms with Crippen molar-refractivity contribution in [2.75, 3.05) is 5.75 Å². The van der Waals surface area contributed by atoms with Crippen LogP contribution in [0, 0.1) is 0 Å². The average Bonchev–Trinajstić information content (AvgIpc) is 2.77. The Morgan fingerprint density at radius 1 is 1.14 bits per heavy atom. The number of benzene rings is 1. The number of carbonyl (C=O) groups is 2. The lowest BCUT2D eigenvalue weighted by molar-refractivity contribution is -0.274. The number of rotatable bonds is 6. The number of ether oxygens (including phenoxy) is 1. The van der Waals surface area contributed by atoms with E-state index in [1.807, 2.05) is 27.7 Å². The summed E-state index contributed by atoms with van der Waals surface area (Å²) in [6, 6.07) is 3.57. The summed E-state index contributed by atoms with van der Waals surface area (Å²) in [5.41, 5.74) is -0.405. The average molecular weight is 430 g/mol. The first-order valence-corrected chi connectivity index (χ1v) is 9.76. The van der Waals surface area contributed by atoms with E-state index in [4.69, 9.17) is 9.31 Å². The van der Waals surface area contributed by atoms with Gasteiger partial charge in [0, 0.05) is 18.2 Å². The number of hydrogen-bond donors (Lipinski definition) is 0. The zero-order valence-electron chi connectivity index (χ0n) is 16.8. The lowest BCUT2D eigenvalue weighted by Gasteiger charge is -2.32. The van der Waals surface area contributed by atoms with Crippen LogP contribution in [0.3, 0.4) is 0 Å². The van der Waals surface area contributed by atoms with Crippen LogP contribution in [0.25, 0.3) is 6.08 Å². The highest BCUT2D eigenvalue weighted by Gasteiger charge is 2.52. The van der Waals surface area contributed by atoms with Crippen molar-refractivity contribution in [1.29, 1.82) is 0 Å². The molecule has 1 aliphatic heterocycles. The summed E-state index contributed by atoms with van der Waals surface area (Å²) < 4.78 is 53.7. The molecular formula is C19H22BF3O5S. The third-order valence-electron chi connectivity index (χ3n) is 4.67. The van der Waals surface area contributed by atoms with Gasteiger partial charge in [0.2, 0.25) is 0 Å². The van der Waals surface area contributed by atoms with Crippen molar-refractivity contribution >= 4 is 36.4 Å². The Morgan fingerprint density at radius 2 is 1.69 bits per heavy atom. The molecule has 0 amide bonds. The molecule has 2 rings (SSSR count). The van der Waals surface area contributed by atoms with Crippen LogP contribution in [-0.4, -0.2) is 41.8 Å². The monoisotopic (exact) mass is 430 g/mol. The predicted molar refractivity (Wildman–Crippen MR) is 106 cm³/mol. The van der Waals surface area contributed by atoms with Gasteiger partial charge >= 0.3 is 13.5 Å². The molecule has 0 bridgehead atoms. The summed E-state index contributed by atoms with van der Waals surface area (Å²) in [6.07, 6.45) is -2.91. The van der Waals surface area contributed by atoms with E-state index >= 15 is 0 Å². The molecule has 0 saturated carbocycles. The van der Waals surface area contributed by atoms with Gasteiger partial charge in [-0.1, -0.05) is 17.8 Å². The topological polar surface area (TPSA) is 61.8 Å². The van der Waals surface area contributed by atoms with E-state index in [9.17, 15) is 22.8 Å². The molecule has 1 aromatic carbocycles. The molecule has 0 spiro atoms. The molecular weight excluding hydrogens is 408 g/mol. The number of halogens is 3. The van der Waals surface area contributed by atoms with Crippen LogP contribution >= 0.6 is 11.8 Å². The number of aldehydes is 1. The zero-order chi connectivity index (χ0) is 22.0. The summed E-state index contributed by atoms with van der Waals surface area (Å²) in [7, 11) is -0.793. The molecule has 5 nitrogen and oxygen atoms in total. The highest BCUT2D eigenvalue weighted by Crippen LogP contribution is 2.39. The van der Waals surface area contributed by atoms with E-state index < -0.39 is 30.4 Å². The van der Waals surface area contributed by atoms with Gasteiger partial charge in [-0.3, -0.25) is 9.59 Å². The first-order valence-electron chi connectivity index (χ1n) is 8.78. The third kappa shape index (κ3) is 6.35. The van der Waals surface area contributed by atoms with Crippen molar-refractivity contribution in [1.82, 2.24) is 0 Å². The minimum Gasteiger partial charge on any atom is -0.406 e. The van der Waals surface area contributed by atoms with E-state index in [1.165, 1.54) is 13.0 Å². The fourth-order valence-corrected chi connectivity index (χ4v) is 3.15. The fraction of sp³-hybridized carbons (Fsp3) is 0.474. The summed E-state index contributed by atoms with van der Waals surface area (Å²) in [5, 5.41) is -0.129. The summed E-state index contributed by atoms with van der Waals surface area (Å²) >= 11 is 1.02. The molecule has 0 aromatic heterocycles. The maximum Gasteiger partial charge on any atom is 0.573 e. The molecule has 0 radical (unpaired) electrons. The Bertz CT molecular complexity index is 805. The van der Waals surface area contributed by atoms with Gasteiger partial charge in [-0.05, 0) is 56.9 Å². The first kappa shape index (κ1) is 23.5.